The molecule has 0 nitrogen and oxygen atoms in total. The Labute approximate surface area is 78.8 Å². The van der Waals surface area contributed by atoms with E-state index in [0.29, 0.717) is 0 Å². The van der Waals surface area contributed by atoms with E-state index in [1.807, 2.05) is 13.8 Å². The lowest BCUT2D eigenvalue weighted by Gasteiger charge is -2.35. The van der Waals surface area contributed by atoms with E-state index in [4.69, 9.17) is 0 Å². The van der Waals surface area contributed by atoms with E-state index >= 15 is 0 Å². The highest BCUT2D eigenvalue weighted by Crippen LogP contribution is 2.41. The summed E-state index contributed by atoms with van der Waals surface area (Å²) >= 11 is 0. The van der Waals surface area contributed by atoms with Gasteiger partial charge in [0.1, 0.15) is 0 Å². The number of hydrogen-bond acceptors (Lipinski definition) is 0. The summed E-state index contributed by atoms with van der Waals surface area (Å²) < 4.78 is 0. The molecule has 0 radical (unpaired) electrons. The molecule has 0 saturated heterocycles. The van der Waals surface area contributed by atoms with Gasteiger partial charge in [0.2, 0.25) is 0 Å². The van der Waals surface area contributed by atoms with Crippen molar-refractivity contribution in [2.24, 2.45) is 5.41 Å². The Bertz CT molecular complexity index is 82.2. The largest absolute Gasteiger partial charge is 0.0683 e. The van der Waals surface area contributed by atoms with Gasteiger partial charge in [-0.2, -0.15) is 0 Å². The first-order valence-electron chi connectivity index (χ1n) is 5.83. The minimum absolute atomic E-state index is 0.762. The molecule has 1 saturated carbocycles. The van der Waals surface area contributed by atoms with E-state index in [-0.39, 0.29) is 0 Å². The van der Waals surface area contributed by atoms with Crippen LogP contribution in [0.1, 0.15) is 72.6 Å². The van der Waals surface area contributed by atoms with Crippen LogP contribution in [0.5, 0.6) is 0 Å². The number of hydrogen-bond donors (Lipinski definition) is 0. The molecular weight excluding hydrogens is 144 g/mol. The SMILES string of the molecule is CC.CCC1(CC)CCCCC1. The van der Waals surface area contributed by atoms with Crippen molar-refractivity contribution in [3.05, 3.63) is 0 Å². The fourth-order valence-electron chi connectivity index (χ4n) is 2.26. The predicted octanol–water partition coefficient (Wildman–Crippen LogP) is 4.78. The third-order valence-electron chi connectivity index (χ3n) is 3.41. The summed E-state index contributed by atoms with van der Waals surface area (Å²) in [6, 6.07) is 0. The van der Waals surface area contributed by atoms with Gasteiger partial charge in [-0.05, 0) is 18.3 Å². The minimum atomic E-state index is 0.762. The first-order chi connectivity index (χ1) is 5.83. The van der Waals surface area contributed by atoms with E-state index in [1.165, 1.54) is 44.9 Å². The maximum Gasteiger partial charge on any atom is -0.0303 e. The standard InChI is InChI=1S/C10H20.C2H6/c1-3-10(4-2)8-6-5-7-9-10;1-2/h3-9H2,1-2H3;1-2H3. The molecule has 1 aliphatic carbocycles. The van der Waals surface area contributed by atoms with Gasteiger partial charge >= 0.3 is 0 Å². The summed E-state index contributed by atoms with van der Waals surface area (Å²) in [5, 5.41) is 0. The van der Waals surface area contributed by atoms with Crippen molar-refractivity contribution in [2.75, 3.05) is 0 Å². The quantitative estimate of drug-likeness (QED) is 0.559. The summed E-state index contributed by atoms with van der Waals surface area (Å²) in [6.07, 6.45) is 10.3. The molecule has 1 fully saturated rings. The Balaban J connectivity index is 0.000000561. The van der Waals surface area contributed by atoms with Gasteiger partial charge in [-0.25, -0.2) is 0 Å². The minimum Gasteiger partial charge on any atom is -0.0683 e. The average molecular weight is 170 g/mol. The molecule has 74 valence electrons. The van der Waals surface area contributed by atoms with Gasteiger partial charge in [0.05, 0.1) is 0 Å². The number of rotatable bonds is 2. The van der Waals surface area contributed by atoms with E-state index in [1.54, 1.807) is 0 Å². The molecule has 0 aromatic rings. The summed E-state index contributed by atoms with van der Waals surface area (Å²) in [7, 11) is 0. The normalized spacial score (nSPS) is 21.0. The Kier molecular flexibility index (Phi) is 6.51. The second-order valence-electron chi connectivity index (χ2n) is 3.77. The lowest BCUT2D eigenvalue weighted by atomic mass is 9.71. The lowest BCUT2D eigenvalue weighted by molar-refractivity contribution is 0.173. The van der Waals surface area contributed by atoms with Crippen LogP contribution in [-0.2, 0) is 0 Å². The lowest BCUT2D eigenvalue weighted by Crippen LogP contribution is -2.21. The van der Waals surface area contributed by atoms with Crippen molar-refractivity contribution in [1.29, 1.82) is 0 Å². The fourth-order valence-corrected chi connectivity index (χ4v) is 2.26. The Morgan fingerprint density at radius 3 is 1.50 bits per heavy atom. The smallest absolute Gasteiger partial charge is 0.0303 e. The molecule has 0 heterocycles. The summed E-state index contributed by atoms with van der Waals surface area (Å²) in [5.41, 5.74) is 0.762. The predicted molar refractivity (Wildman–Crippen MR) is 57.4 cm³/mol. The highest BCUT2D eigenvalue weighted by molar-refractivity contribution is 4.79. The molecule has 1 aliphatic rings. The van der Waals surface area contributed by atoms with Crippen molar-refractivity contribution in [3.63, 3.8) is 0 Å². The van der Waals surface area contributed by atoms with Gasteiger partial charge in [0.25, 0.3) is 0 Å². The van der Waals surface area contributed by atoms with Crippen molar-refractivity contribution in [3.8, 4) is 0 Å². The highest BCUT2D eigenvalue weighted by atomic mass is 14.3. The summed E-state index contributed by atoms with van der Waals surface area (Å²) in [5.74, 6) is 0. The van der Waals surface area contributed by atoms with Crippen LogP contribution in [0.4, 0.5) is 0 Å². The maximum absolute atomic E-state index is 2.36. The zero-order chi connectivity index (χ0) is 9.45. The third-order valence-corrected chi connectivity index (χ3v) is 3.41. The molecular formula is C12H26. The molecule has 12 heavy (non-hydrogen) atoms. The molecule has 0 aromatic carbocycles. The van der Waals surface area contributed by atoms with Gasteiger partial charge in [-0.15, -0.1) is 0 Å². The van der Waals surface area contributed by atoms with Crippen LogP contribution in [0.2, 0.25) is 0 Å². The second kappa shape index (κ2) is 6.51. The Morgan fingerprint density at radius 1 is 0.833 bits per heavy atom. The summed E-state index contributed by atoms with van der Waals surface area (Å²) in [6.45, 7) is 8.71. The van der Waals surface area contributed by atoms with Crippen molar-refractivity contribution in [2.45, 2.75) is 72.6 Å². The summed E-state index contributed by atoms with van der Waals surface area (Å²) in [4.78, 5) is 0. The fraction of sp³-hybridized carbons (Fsp3) is 1.00. The Morgan fingerprint density at radius 2 is 1.25 bits per heavy atom. The van der Waals surface area contributed by atoms with Crippen LogP contribution in [0.25, 0.3) is 0 Å². The molecule has 0 bridgehead atoms. The van der Waals surface area contributed by atoms with Gasteiger partial charge in [-0.1, -0.05) is 59.8 Å². The molecule has 0 amide bonds. The molecule has 0 atom stereocenters. The molecule has 0 N–H and O–H groups in total. The first kappa shape index (κ1) is 12.0. The topological polar surface area (TPSA) is 0 Å². The molecule has 0 aliphatic heterocycles. The van der Waals surface area contributed by atoms with E-state index in [2.05, 4.69) is 13.8 Å². The zero-order valence-corrected chi connectivity index (χ0v) is 9.45. The first-order valence-corrected chi connectivity index (χ1v) is 5.83. The van der Waals surface area contributed by atoms with E-state index in [9.17, 15) is 0 Å². The van der Waals surface area contributed by atoms with Crippen molar-refractivity contribution < 1.29 is 0 Å². The molecule has 0 aromatic heterocycles. The Hall–Kier alpha value is 0. The van der Waals surface area contributed by atoms with Crippen LogP contribution < -0.4 is 0 Å². The van der Waals surface area contributed by atoms with Crippen LogP contribution >= 0.6 is 0 Å². The van der Waals surface area contributed by atoms with Crippen LogP contribution in [0.3, 0.4) is 0 Å². The molecule has 0 spiro atoms. The van der Waals surface area contributed by atoms with E-state index < -0.39 is 0 Å². The average Bonchev–Trinajstić information content (AvgIpc) is 2.22. The van der Waals surface area contributed by atoms with Crippen LogP contribution in [-0.4, -0.2) is 0 Å². The van der Waals surface area contributed by atoms with Crippen molar-refractivity contribution >= 4 is 0 Å². The monoisotopic (exact) mass is 170 g/mol. The molecule has 0 heteroatoms. The molecule has 1 rings (SSSR count). The van der Waals surface area contributed by atoms with Gasteiger partial charge in [0.15, 0.2) is 0 Å². The maximum atomic E-state index is 2.36. The second-order valence-corrected chi connectivity index (χ2v) is 3.77. The molecule has 0 unspecified atom stereocenters. The van der Waals surface area contributed by atoms with Gasteiger partial charge in [-0.3, -0.25) is 0 Å². The van der Waals surface area contributed by atoms with Gasteiger partial charge in [0, 0.05) is 0 Å². The van der Waals surface area contributed by atoms with Gasteiger partial charge < -0.3 is 0 Å². The highest BCUT2D eigenvalue weighted by Gasteiger charge is 2.27. The van der Waals surface area contributed by atoms with E-state index in [0.717, 1.165) is 5.41 Å². The van der Waals surface area contributed by atoms with Crippen LogP contribution in [0.15, 0.2) is 0 Å². The zero-order valence-electron chi connectivity index (χ0n) is 9.45. The van der Waals surface area contributed by atoms with Crippen LogP contribution in [0, 0.1) is 5.41 Å². The van der Waals surface area contributed by atoms with Crippen molar-refractivity contribution in [1.82, 2.24) is 0 Å². The third kappa shape index (κ3) is 3.16.